The van der Waals surface area contributed by atoms with Crippen molar-refractivity contribution >= 4 is 89.8 Å². The molecule has 0 amide bonds. The minimum Gasteiger partial charge on any atom is -0.310 e. The molecule has 446 valence electrons. The van der Waals surface area contributed by atoms with Crippen molar-refractivity contribution in [1.82, 2.24) is 0 Å². The fraction of sp³-hybridized carbons (Fsp3) is 0.0909. The molecule has 0 N–H and O–H groups in total. The normalized spacial score (nSPS) is 11.3. The highest BCUT2D eigenvalue weighted by Crippen LogP contribution is 2.48. The first-order valence-corrected chi connectivity index (χ1v) is 32.0. The molecule has 14 aromatic carbocycles. The number of fused-ring (bicyclic) bond motifs is 2. The molecular weight excluding hydrogens is 1110 g/mol. The van der Waals surface area contributed by atoms with Gasteiger partial charge in [-0.1, -0.05) is 198 Å². The van der Waals surface area contributed by atoms with E-state index in [4.69, 9.17) is 0 Å². The van der Waals surface area contributed by atoms with E-state index in [2.05, 4.69) is 378 Å². The molecule has 0 spiro atoms. The summed E-state index contributed by atoms with van der Waals surface area (Å²) in [4.78, 5) is 9.65. The van der Waals surface area contributed by atoms with E-state index in [1.54, 1.807) is 0 Å². The van der Waals surface area contributed by atoms with Crippen LogP contribution in [0.4, 0.5) is 68.2 Å². The molecule has 0 bridgehead atoms. The summed E-state index contributed by atoms with van der Waals surface area (Å²) < 4.78 is 0. The predicted molar refractivity (Wildman–Crippen MR) is 394 cm³/mol. The molecular formula is C88H74N4. The van der Waals surface area contributed by atoms with Crippen LogP contribution in [0.2, 0.25) is 0 Å². The van der Waals surface area contributed by atoms with Gasteiger partial charge in [0.2, 0.25) is 0 Å². The number of para-hydroxylation sites is 2. The van der Waals surface area contributed by atoms with Gasteiger partial charge in [-0.3, -0.25) is 0 Å². The zero-order valence-corrected chi connectivity index (χ0v) is 53.7. The van der Waals surface area contributed by atoms with Crippen LogP contribution in [0, 0.1) is 55.4 Å². The van der Waals surface area contributed by atoms with Crippen LogP contribution in [0.1, 0.15) is 44.5 Å². The molecule has 4 heteroatoms. The molecule has 0 heterocycles. The van der Waals surface area contributed by atoms with E-state index < -0.39 is 0 Å². The van der Waals surface area contributed by atoms with E-state index in [1.807, 2.05) is 0 Å². The fourth-order valence-corrected chi connectivity index (χ4v) is 13.3. The SMILES string of the molecule is Cc1ccc(N(c2ccc(C)cc2)c2ccc(-c3ccc(N(c4ccc(C)cc4)c4ccc(C)cc4-c4ccc5c(N(c6ccccc6)c6ccc(-c7ccc(N(c8ccccc8)c8c(C)ccc9ccccc89)cc7)cc6)c(C)ccc5c4)c(C)c3)cc2C)cc1. The molecule has 0 aromatic heterocycles. The fourth-order valence-electron chi connectivity index (χ4n) is 13.3. The summed E-state index contributed by atoms with van der Waals surface area (Å²) in [6.07, 6.45) is 0. The minimum absolute atomic E-state index is 1.09. The Balaban J connectivity index is 0.800. The molecule has 0 aliphatic heterocycles. The molecule has 92 heavy (non-hydrogen) atoms. The van der Waals surface area contributed by atoms with Crippen molar-refractivity contribution in [2.45, 2.75) is 55.4 Å². The first kappa shape index (κ1) is 58.5. The zero-order chi connectivity index (χ0) is 63.0. The Bertz CT molecular complexity index is 4930. The summed E-state index contributed by atoms with van der Waals surface area (Å²) in [5, 5.41) is 4.80. The van der Waals surface area contributed by atoms with Gasteiger partial charge in [0.1, 0.15) is 0 Å². The molecule has 0 aliphatic rings. The number of anilines is 12. The van der Waals surface area contributed by atoms with Crippen molar-refractivity contribution in [2.75, 3.05) is 19.6 Å². The average molecular weight is 1190 g/mol. The summed E-state index contributed by atoms with van der Waals surface area (Å²) >= 11 is 0. The van der Waals surface area contributed by atoms with Gasteiger partial charge in [-0.05, 0) is 244 Å². The molecule has 0 saturated heterocycles. The third-order valence-corrected chi connectivity index (χ3v) is 18.1. The summed E-state index contributed by atoms with van der Waals surface area (Å²) in [6.45, 7) is 17.6. The van der Waals surface area contributed by atoms with E-state index in [1.165, 1.54) is 82.9 Å². The molecule has 0 fully saturated rings. The Labute approximate surface area is 542 Å². The summed E-state index contributed by atoms with van der Waals surface area (Å²) in [5.74, 6) is 0. The highest BCUT2D eigenvalue weighted by molar-refractivity contribution is 6.04. The highest BCUT2D eigenvalue weighted by atomic mass is 15.2. The van der Waals surface area contributed by atoms with Crippen LogP contribution in [0.15, 0.2) is 303 Å². The topological polar surface area (TPSA) is 13.0 Å². The van der Waals surface area contributed by atoms with Gasteiger partial charge in [-0.25, -0.2) is 0 Å². The van der Waals surface area contributed by atoms with Crippen molar-refractivity contribution in [1.29, 1.82) is 0 Å². The van der Waals surface area contributed by atoms with E-state index in [-0.39, 0.29) is 0 Å². The van der Waals surface area contributed by atoms with Gasteiger partial charge in [-0.15, -0.1) is 0 Å². The monoisotopic (exact) mass is 1190 g/mol. The van der Waals surface area contributed by atoms with Gasteiger partial charge < -0.3 is 19.6 Å². The van der Waals surface area contributed by atoms with Crippen molar-refractivity contribution in [2.24, 2.45) is 0 Å². The van der Waals surface area contributed by atoms with Crippen LogP contribution in [0.3, 0.4) is 0 Å². The third-order valence-electron chi connectivity index (χ3n) is 18.1. The summed E-state index contributed by atoms with van der Waals surface area (Å²) in [5.41, 5.74) is 30.2. The van der Waals surface area contributed by atoms with Crippen LogP contribution < -0.4 is 19.6 Å². The Kier molecular flexibility index (Phi) is 15.9. The maximum Gasteiger partial charge on any atom is 0.0569 e. The van der Waals surface area contributed by atoms with Crippen molar-refractivity contribution in [3.05, 3.63) is 348 Å². The van der Waals surface area contributed by atoms with Gasteiger partial charge in [0, 0.05) is 67.5 Å². The smallest absolute Gasteiger partial charge is 0.0569 e. The number of benzene rings is 14. The Morgan fingerprint density at radius 2 is 0.554 bits per heavy atom. The summed E-state index contributed by atoms with van der Waals surface area (Å²) in [7, 11) is 0. The average Bonchev–Trinajstić information content (AvgIpc) is 0.791. The molecule has 14 rings (SSSR count). The van der Waals surface area contributed by atoms with Crippen LogP contribution in [0.5, 0.6) is 0 Å². The Hall–Kier alpha value is -11.2. The molecule has 4 nitrogen and oxygen atoms in total. The predicted octanol–water partition coefficient (Wildman–Crippen LogP) is 25.3. The molecule has 0 unspecified atom stereocenters. The van der Waals surface area contributed by atoms with Gasteiger partial charge in [0.05, 0.1) is 17.1 Å². The standard InChI is InChI=1S/C88H74N4/c1-59-23-41-76(42-24-59)89(77-43-25-60(2)26-44-77)84-53-39-70(56-65(84)7)71-40-54-85(66(8)57-71)92(80-45-27-61(3)28-46-80)86-52-29-62(4)55-83(86)73-38-51-82-72(58-73)33-31-64(6)88(82)91(75-20-13-10-14-21-75)79-49-36-68(37-50-79)67-34-47-78(48-35-67)90(74-18-11-9-12-19-74)87-63(5)30-32-69-17-15-16-22-81(69)87/h9-58H,1-8H3. The van der Waals surface area contributed by atoms with Crippen molar-refractivity contribution in [3.8, 4) is 33.4 Å². The van der Waals surface area contributed by atoms with Crippen LogP contribution in [-0.2, 0) is 0 Å². The zero-order valence-electron chi connectivity index (χ0n) is 53.7. The van der Waals surface area contributed by atoms with Gasteiger partial charge in [-0.2, -0.15) is 0 Å². The van der Waals surface area contributed by atoms with Gasteiger partial charge >= 0.3 is 0 Å². The number of hydrogen-bond acceptors (Lipinski definition) is 4. The highest BCUT2D eigenvalue weighted by Gasteiger charge is 2.24. The minimum atomic E-state index is 1.09. The second kappa shape index (κ2) is 25.0. The molecule has 14 aromatic rings. The molecule has 0 aliphatic carbocycles. The number of hydrogen-bond donors (Lipinski definition) is 0. The van der Waals surface area contributed by atoms with Crippen LogP contribution in [-0.4, -0.2) is 0 Å². The Morgan fingerprint density at radius 1 is 0.196 bits per heavy atom. The van der Waals surface area contributed by atoms with Crippen LogP contribution in [0.25, 0.3) is 54.9 Å². The molecule has 0 radical (unpaired) electrons. The van der Waals surface area contributed by atoms with E-state index in [0.29, 0.717) is 0 Å². The largest absolute Gasteiger partial charge is 0.310 e. The first-order valence-electron chi connectivity index (χ1n) is 32.0. The Morgan fingerprint density at radius 3 is 1.04 bits per heavy atom. The maximum absolute atomic E-state index is 2.45. The quantitative estimate of drug-likeness (QED) is 0.101. The summed E-state index contributed by atoms with van der Waals surface area (Å²) in [6, 6.07) is 112. The lowest BCUT2D eigenvalue weighted by molar-refractivity contribution is 1.23. The molecule has 0 saturated carbocycles. The number of aryl methyl sites for hydroxylation is 8. The second-order valence-corrected chi connectivity index (χ2v) is 24.8. The lowest BCUT2D eigenvalue weighted by Crippen LogP contribution is -2.13. The van der Waals surface area contributed by atoms with Gasteiger partial charge in [0.25, 0.3) is 0 Å². The van der Waals surface area contributed by atoms with E-state index in [9.17, 15) is 0 Å². The molecule has 0 atom stereocenters. The van der Waals surface area contributed by atoms with Gasteiger partial charge in [0.15, 0.2) is 0 Å². The van der Waals surface area contributed by atoms with E-state index >= 15 is 0 Å². The van der Waals surface area contributed by atoms with Crippen LogP contribution >= 0.6 is 0 Å². The van der Waals surface area contributed by atoms with Crippen molar-refractivity contribution < 1.29 is 0 Å². The first-order chi connectivity index (χ1) is 44.9. The number of nitrogens with zero attached hydrogens (tertiary/aromatic N) is 4. The maximum atomic E-state index is 2.45. The lowest BCUT2D eigenvalue weighted by Gasteiger charge is -2.30. The second-order valence-electron chi connectivity index (χ2n) is 24.8. The lowest BCUT2D eigenvalue weighted by atomic mass is 9.94. The third kappa shape index (κ3) is 11.5. The van der Waals surface area contributed by atoms with E-state index in [0.717, 1.165) is 84.8 Å². The van der Waals surface area contributed by atoms with Crippen molar-refractivity contribution in [3.63, 3.8) is 0 Å². The number of rotatable bonds is 15.